The third-order valence-electron chi connectivity index (χ3n) is 6.93. The van der Waals surface area contributed by atoms with E-state index in [-0.39, 0.29) is 11.9 Å². The minimum Gasteiger partial charge on any atom is -0.379 e. The Bertz CT molecular complexity index is 882. The van der Waals surface area contributed by atoms with E-state index in [1.807, 2.05) is 10.8 Å². The number of urea groups is 1. The predicted molar refractivity (Wildman–Crippen MR) is 110 cm³/mol. The Balaban J connectivity index is 1.41. The molecule has 3 amide bonds. The van der Waals surface area contributed by atoms with Crippen molar-refractivity contribution in [1.29, 1.82) is 0 Å². The van der Waals surface area contributed by atoms with Crippen LogP contribution in [0.25, 0.3) is 0 Å². The van der Waals surface area contributed by atoms with Gasteiger partial charge in [0.15, 0.2) is 0 Å². The number of nitrogens with zero attached hydrogens (tertiary/aromatic N) is 6. The number of amidine groups is 1. The molecule has 1 aromatic heterocycles. The van der Waals surface area contributed by atoms with Gasteiger partial charge in [-0.25, -0.2) is 13.9 Å². The second-order valence-corrected chi connectivity index (χ2v) is 8.80. The topological polar surface area (TPSA) is 74.3 Å². The largest absolute Gasteiger partial charge is 0.402 e. The average Bonchev–Trinajstić information content (AvgIpc) is 3.28. The second kappa shape index (κ2) is 7.77. The van der Waals surface area contributed by atoms with E-state index in [9.17, 15) is 9.59 Å². The molecule has 0 bridgehead atoms. The molecule has 0 N–H and O–H groups in total. The van der Waals surface area contributed by atoms with Gasteiger partial charge in [-0.3, -0.25) is 19.5 Å². The minimum absolute atomic E-state index is 0.172. The van der Waals surface area contributed by atoms with Crippen LogP contribution in [-0.2, 0) is 9.53 Å². The van der Waals surface area contributed by atoms with E-state index in [0.717, 1.165) is 37.6 Å². The van der Waals surface area contributed by atoms with Crippen molar-refractivity contribution < 1.29 is 18.9 Å². The van der Waals surface area contributed by atoms with E-state index in [1.165, 1.54) is 24.2 Å². The van der Waals surface area contributed by atoms with Crippen LogP contribution in [0.2, 0.25) is 0 Å². The van der Waals surface area contributed by atoms with Crippen LogP contribution in [0, 0.1) is 6.92 Å². The number of amides is 3. The highest BCUT2D eigenvalue weighted by Gasteiger charge is 2.53. The van der Waals surface area contributed by atoms with E-state index in [2.05, 4.69) is 16.4 Å². The Labute approximate surface area is 176 Å². The highest BCUT2D eigenvalue weighted by molar-refractivity contribution is 6.19. The van der Waals surface area contributed by atoms with E-state index in [4.69, 9.17) is 9.73 Å². The van der Waals surface area contributed by atoms with Crippen molar-refractivity contribution in [2.75, 3.05) is 46.4 Å². The molecular formula is C21H31N6O3+. The summed E-state index contributed by atoms with van der Waals surface area (Å²) in [5.41, 5.74) is 1.13. The summed E-state index contributed by atoms with van der Waals surface area (Å²) in [5.74, 6) is 1.18. The number of rotatable bonds is 4. The van der Waals surface area contributed by atoms with Crippen molar-refractivity contribution in [2.45, 2.75) is 51.1 Å². The lowest BCUT2D eigenvalue weighted by Gasteiger charge is -2.35. The highest BCUT2D eigenvalue weighted by Crippen LogP contribution is 2.36. The first kappa shape index (κ1) is 19.7. The van der Waals surface area contributed by atoms with Gasteiger partial charge in [-0.15, -0.1) is 0 Å². The number of hydrogen-bond acceptors (Lipinski definition) is 5. The number of fused-ring (bicyclic) bond motifs is 3. The van der Waals surface area contributed by atoms with Crippen LogP contribution in [0.4, 0.5) is 10.7 Å². The smallest absolute Gasteiger partial charge is 0.379 e. The Kier molecular flexibility index (Phi) is 5.10. The lowest BCUT2D eigenvalue weighted by atomic mass is 9.95. The number of aryl methyl sites for hydroxylation is 1. The van der Waals surface area contributed by atoms with Gasteiger partial charge >= 0.3 is 12.0 Å². The lowest BCUT2D eigenvalue weighted by molar-refractivity contribution is -0.677. The molecule has 0 radical (unpaired) electrons. The summed E-state index contributed by atoms with van der Waals surface area (Å²) >= 11 is 0. The number of likely N-dealkylation sites (N-methyl/N-ethyl adjacent to an activating group) is 1. The number of morpholine rings is 1. The van der Waals surface area contributed by atoms with Crippen LogP contribution in [0.3, 0.4) is 0 Å². The monoisotopic (exact) mass is 415 g/mol. The number of carbonyl (C=O) groups is 2. The third-order valence-corrected chi connectivity index (χ3v) is 6.93. The predicted octanol–water partition coefficient (Wildman–Crippen LogP) is 1.40. The molecule has 3 fully saturated rings. The van der Waals surface area contributed by atoms with Gasteiger partial charge < -0.3 is 4.74 Å². The molecule has 0 spiro atoms. The zero-order valence-corrected chi connectivity index (χ0v) is 17.9. The van der Waals surface area contributed by atoms with Crippen LogP contribution >= 0.6 is 0 Å². The van der Waals surface area contributed by atoms with Crippen LogP contribution in [0.15, 0.2) is 11.2 Å². The molecule has 9 nitrogen and oxygen atoms in total. The molecule has 162 valence electrons. The molecular weight excluding hydrogens is 384 g/mol. The quantitative estimate of drug-likeness (QED) is 0.697. The maximum Gasteiger partial charge on any atom is 0.402 e. The SMILES string of the molecule is Cc1c[n+]2c(n1C1CCCCC1)N=C1C2C(=O)N(CCN2CCOCC2)C(=O)N1C. The molecule has 30 heavy (non-hydrogen) atoms. The van der Waals surface area contributed by atoms with Gasteiger partial charge in [0.05, 0.1) is 19.3 Å². The zero-order valence-electron chi connectivity index (χ0n) is 17.9. The number of imidazole rings is 1. The molecule has 1 saturated carbocycles. The molecule has 9 heteroatoms. The van der Waals surface area contributed by atoms with Gasteiger partial charge in [0.1, 0.15) is 11.9 Å². The molecule has 0 aromatic carbocycles. The number of aromatic nitrogens is 2. The minimum atomic E-state index is -0.545. The number of aliphatic imine (C=N–C) groups is 1. The first-order valence-corrected chi connectivity index (χ1v) is 11.2. The van der Waals surface area contributed by atoms with Gasteiger partial charge in [0, 0.05) is 33.2 Å². The van der Waals surface area contributed by atoms with Crippen molar-refractivity contribution in [1.82, 2.24) is 19.3 Å². The lowest BCUT2D eigenvalue weighted by Crippen LogP contribution is -2.63. The van der Waals surface area contributed by atoms with Gasteiger partial charge in [-0.05, 0) is 32.6 Å². The molecule has 4 heterocycles. The summed E-state index contributed by atoms with van der Waals surface area (Å²) in [6, 6.07) is -0.404. The van der Waals surface area contributed by atoms with Crippen molar-refractivity contribution in [3.8, 4) is 0 Å². The molecule has 2 saturated heterocycles. The van der Waals surface area contributed by atoms with Gasteiger partial charge in [-0.1, -0.05) is 11.4 Å². The number of imide groups is 1. The van der Waals surface area contributed by atoms with Crippen LogP contribution < -0.4 is 4.57 Å². The fourth-order valence-corrected chi connectivity index (χ4v) is 5.26. The van der Waals surface area contributed by atoms with Gasteiger partial charge in [0.25, 0.3) is 5.91 Å². The first-order chi connectivity index (χ1) is 14.6. The maximum absolute atomic E-state index is 13.4. The zero-order chi connectivity index (χ0) is 20.8. The molecule has 1 atom stereocenters. The standard InChI is InChI=1S/C21H31N6O3/c1-15-14-26-17-18(22-20(26)27(15)16-6-4-3-5-7-16)23(2)21(29)25(19(17)28)9-8-24-10-12-30-13-11-24/h14,16-17H,3-13H2,1-2H3/q+1. The van der Waals surface area contributed by atoms with Crippen molar-refractivity contribution in [2.24, 2.45) is 4.99 Å². The van der Waals surface area contributed by atoms with Crippen molar-refractivity contribution in [3.05, 3.63) is 11.9 Å². The number of hydrogen-bond donors (Lipinski definition) is 0. The summed E-state index contributed by atoms with van der Waals surface area (Å²) in [6.07, 6.45) is 8.07. The van der Waals surface area contributed by atoms with Crippen LogP contribution in [0.5, 0.6) is 0 Å². The number of ether oxygens (including phenoxy) is 1. The average molecular weight is 416 g/mol. The van der Waals surface area contributed by atoms with Gasteiger partial charge in [-0.2, -0.15) is 0 Å². The van der Waals surface area contributed by atoms with Crippen LogP contribution in [-0.4, -0.2) is 83.5 Å². The Morgan fingerprint density at radius 3 is 2.60 bits per heavy atom. The molecule has 1 aliphatic carbocycles. The fraction of sp³-hybridized carbons (Fsp3) is 0.714. The third kappa shape index (κ3) is 3.15. The molecule has 4 aliphatic rings. The highest BCUT2D eigenvalue weighted by atomic mass is 16.5. The molecule has 1 unspecified atom stereocenters. The maximum atomic E-state index is 13.4. The van der Waals surface area contributed by atoms with Crippen LogP contribution in [0.1, 0.15) is 49.9 Å². The first-order valence-electron chi connectivity index (χ1n) is 11.2. The molecule has 3 aliphatic heterocycles. The summed E-state index contributed by atoms with van der Waals surface area (Å²) in [6.45, 7) is 6.24. The summed E-state index contributed by atoms with van der Waals surface area (Å²) in [4.78, 5) is 36.4. The molecule has 1 aromatic rings. The van der Waals surface area contributed by atoms with Crippen molar-refractivity contribution in [3.63, 3.8) is 0 Å². The van der Waals surface area contributed by atoms with E-state index >= 15 is 0 Å². The number of carbonyl (C=O) groups excluding carboxylic acids is 2. The fourth-order valence-electron chi connectivity index (χ4n) is 5.26. The summed E-state index contributed by atoms with van der Waals surface area (Å²) in [7, 11) is 1.73. The van der Waals surface area contributed by atoms with E-state index in [1.54, 1.807) is 11.9 Å². The Morgan fingerprint density at radius 2 is 1.87 bits per heavy atom. The Morgan fingerprint density at radius 1 is 1.13 bits per heavy atom. The van der Waals surface area contributed by atoms with Crippen molar-refractivity contribution >= 4 is 23.7 Å². The van der Waals surface area contributed by atoms with Gasteiger partial charge in [0.2, 0.25) is 11.9 Å². The Hall–Kier alpha value is -2.26. The second-order valence-electron chi connectivity index (χ2n) is 8.80. The normalized spacial score (nSPS) is 25.5. The molecule has 5 rings (SSSR count). The van der Waals surface area contributed by atoms with E-state index < -0.39 is 6.04 Å². The summed E-state index contributed by atoms with van der Waals surface area (Å²) < 4.78 is 9.66. The van der Waals surface area contributed by atoms with E-state index in [0.29, 0.717) is 38.2 Å². The summed E-state index contributed by atoms with van der Waals surface area (Å²) in [5, 5.41) is 0.